The Morgan fingerprint density at radius 2 is 1.45 bits per heavy atom. The summed E-state index contributed by atoms with van der Waals surface area (Å²) in [6.45, 7) is 10.2. The van der Waals surface area contributed by atoms with Crippen molar-refractivity contribution in [2.75, 3.05) is 7.11 Å². The van der Waals surface area contributed by atoms with Gasteiger partial charge in [-0.1, -0.05) is 0 Å². The Kier molecular flexibility index (Phi) is 7.28. The maximum Gasteiger partial charge on any atom is 0.408 e. The highest BCUT2D eigenvalue weighted by molar-refractivity contribution is 5.92. The smallest absolute Gasteiger partial charge is 0.408 e. The lowest BCUT2D eigenvalue weighted by atomic mass is 9.43. The number of ether oxygens (including phenoxy) is 3. The number of carbonyl (C=O) groups excluding carboxylic acids is 4. The van der Waals surface area contributed by atoms with Crippen molar-refractivity contribution >= 4 is 23.9 Å². The molecule has 3 saturated carbocycles. The fraction of sp³-hybridized carbons (Fsp3) is 0.818. The highest BCUT2D eigenvalue weighted by atomic mass is 16.6. The average Bonchev–Trinajstić information content (AvgIpc) is 2.50. The zero-order valence-electron chi connectivity index (χ0n) is 19.6. The van der Waals surface area contributed by atoms with Crippen molar-refractivity contribution < 1.29 is 33.4 Å². The van der Waals surface area contributed by atoms with Crippen molar-refractivity contribution in [3.63, 3.8) is 0 Å². The molecule has 0 heterocycles. The maximum absolute atomic E-state index is 13.0. The van der Waals surface area contributed by atoms with Gasteiger partial charge in [-0.3, -0.25) is 9.59 Å². The van der Waals surface area contributed by atoms with E-state index in [1.165, 1.54) is 7.11 Å². The van der Waals surface area contributed by atoms with E-state index in [4.69, 9.17) is 14.2 Å². The molecule has 0 aromatic rings. The second-order valence-corrected chi connectivity index (χ2v) is 10.8. The molecule has 9 heteroatoms. The van der Waals surface area contributed by atoms with Gasteiger partial charge in [0.15, 0.2) is 0 Å². The number of nitrogens with one attached hydrogen (secondary N) is 2. The quantitative estimate of drug-likeness (QED) is 0.439. The molecule has 3 aliphatic rings. The van der Waals surface area contributed by atoms with Gasteiger partial charge < -0.3 is 24.8 Å². The van der Waals surface area contributed by atoms with Crippen LogP contribution in [0.1, 0.15) is 73.6 Å². The lowest BCUT2D eigenvalue weighted by molar-refractivity contribution is -0.157. The first kappa shape index (κ1) is 24.9. The fourth-order valence-electron chi connectivity index (χ4n) is 4.16. The lowest BCUT2D eigenvalue weighted by Crippen LogP contribution is -2.58. The molecule has 2 N–H and O–H groups in total. The highest BCUT2D eigenvalue weighted by Gasteiger charge is 2.57. The molecule has 31 heavy (non-hydrogen) atoms. The van der Waals surface area contributed by atoms with Crippen LogP contribution in [0.15, 0.2) is 0 Å². The number of alkyl carbamates (subject to hydrolysis) is 1. The molecule has 2 bridgehead atoms. The van der Waals surface area contributed by atoms with Gasteiger partial charge in [-0.25, -0.2) is 9.59 Å². The molecule has 2 amide bonds. The monoisotopic (exact) mass is 440 g/mol. The van der Waals surface area contributed by atoms with Crippen LogP contribution in [0.4, 0.5) is 4.79 Å². The van der Waals surface area contributed by atoms with Gasteiger partial charge in [0, 0.05) is 0 Å². The van der Waals surface area contributed by atoms with Gasteiger partial charge in [-0.05, 0) is 78.6 Å². The average molecular weight is 441 g/mol. The predicted octanol–water partition coefficient (Wildman–Crippen LogP) is 2.46. The molecule has 0 aliphatic heterocycles. The lowest BCUT2D eigenvalue weighted by Gasteiger charge is -2.62. The van der Waals surface area contributed by atoms with E-state index in [-0.39, 0.29) is 5.41 Å². The van der Waals surface area contributed by atoms with E-state index in [2.05, 4.69) is 10.6 Å². The Morgan fingerprint density at radius 3 is 1.87 bits per heavy atom. The van der Waals surface area contributed by atoms with Crippen LogP contribution in [0, 0.1) is 11.3 Å². The topological polar surface area (TPSA) is 120 Å². The van der Waals surface area contributed by atoms with E-state index < -0.39 is 53.6 Å². The summed E-state index contributed by atoms with van der Waals surface area (Å²) in [5.74, 6) is -1.15. The van der Waals surface area contributed by atoms with E-state index >= 15 is 0 Å². The molecular weight excluding hydrogens is 404 g/mol. The molecular formula is C22H36N2O7. The molecule has 0 unspecified atom stereocenters. The molecule has 3 rings (SSSR count). The number of amides is 2. The second kappa shape index (κ2) is 9.04. The molecule has 2 atom stereocenters. The largest absolute Gasteiger partial charge is 0.467 e. The second-order valence-electron chi connectivity index (χ2n) is 10.8. The first-order chi connectivity index (χ1) is 14.1. The molecule has 9 nitrogen and oxygen atoms in total. The van der Waals surface area contributed by atoms with Crippen molar-refractivity contribution in [2.45, 2.75) is 96.9 Å². The van der Waals surface area contributed by atoms with Gasteiger partial charge in [0.05, 0.1) is 13.5 Å². The minimum Gasteiger partial charge on any atom is -0.467 e. The van der Waals surface area contributed by atoms with Crippen molar-refractivity contribution in [1.29, 1.82) is 0 Å². The number of methoxy groups -OCH3 is 1. The fourth-order valence-corrected chi connectivity index (χ4v) is 4.16. The van der Waals surface area contributed by atoms with E-state index in [9.17, 15) is 19.2 Å². The van der Waals surface area contributed by atoms with Gasteiger partial charge in [0.1, 0.15) is 23.3 Å². The molecule has 0 aromatic carbocycles. The molecule has 0 aromatic heterocycles. The third kappa shape index (κ3) is 7.40. The molecule has 0 radical (unpaired) electrons. The molecule has 3 fully saturated rings. The van der Waals surface area contributed by atoms with Crippen LogP contribution in [0.5, 0.6) is 0 Å². The zero-order valence-corrected chi connectivity index (χ0v) is 19.6. The van der Waals surface area contributed by atoms with Crippen molar-refractivity contribution in [3.8, 4) is 0 Å². The first-order valence-electron chi connectivity index (χ1n) is 10.7. The van der Waals surface area contributed by atoms with E-state index in [0.717, 1.165) is 25.2 Å². The molecule has 3 aliphatic carbocycles. The molecule has 0 spiro atoms. The summed E-state index contributed by atoms with van der Waals surface area (Å²) >= 11 is 0. The normalized spacial score (nSPS) is 23.9. The van der Waals surface area contributed by atoms with Gasteiger partial charge in [-0.2, -0.15) is 0 Å². The summed E-state index contributed by atoms with van der Waals surface area (Å²) in [5, 5.41) is 5.09. The van der Waals surface area contributed by atoms with Crippen LogP contribution < -0.4 is 10.6 Å². The van der Waals surface area contributed by atoms with Gasteiger partial charge in [0.25, 0.3) is 0 Å². The summed E-state index contributed by atoms with van der Waals surface area (Å²) in [6.07, 6.45) is 2.39. The Morgan fingerprint density at radius 1 is 0.903 bits per heavy atom. The Balaban J connectivity index is 2.08. The SMILES string of the molecule is COC(=O)[C@H](CC12CC(C1)C2)NC(=O)[C@H](CC(=O)OC(C)(C)C)NC(=O)OC(C)(C)C. The third-order valence-electron chi connectivity index (χ3n) is 5.40. The Hall–Kier alpha value is -2.32. The minimum absolute atomic E-state index is 0.0794. The van der Waals surface area contributed by atoms with Crippen LogP contribution >= 0.6 is 0 Å². The van der Waals surface area contributed by atoms with Crippen molar-refractivity contribution in [2.24, 2.45) is 11.3 Å². The van der Waals surface area contributed by atoms with Crippen LogP contribution in [0.2, 0.25) is 0 Å². The van der Waals surface area contributed by atoms with Crippen LogP contribution in [0.25, 0.3) is 0 Å². The maximum atomic E-state index is 13.0. The van der Waals surface area contributed by atoms with E-state index in [0.29, 0.717) is 6.42 Å². The Bertz CT molecular complexity index is 673. The van der Waals surface area contributed by atoms with E-state index in [1.54, 1.807) is 41.5 Å². The number of carbonyl (C=O) groups is 4. The van der Waals surface area contributed by atoms with Crippen LogP contribution in [0.3, 0.4) is 0 Å². The number of esters is 2. The summed E-state index contributed by atoms with van der Waals surface area (Å²) in [7, 11) is 1.26. The van der Waals surface area contributed by atoms with Gasteiger partial charge in [-0.15, -0.1) is 0 Å². The van der Waals surface area contributed by atoms with E-state index in [1.807, 2.05) is 0 Å². The third-order valence-corrected chi connectivity index (χ3v) is 5.40. The summed E-state index contributed by atoms with van der Waals surface area (Å²) in [6, 6.07) is -2.11. The highest BCUT2D eigenvalue weighted by Crippen LogP contribution is 2.66. The summed E-state index contributed by atoms with van der Waals surface area (Å²) in [5.41, 5.74) is -1.45. The van der Waals surface area contributed by atoms with Crippen LogP contribution in [-0.4, -0.2) is 54.3 Å². The Labute approximate surface area is 183 Å². The number of rotatable bonds is 8. The van der Waals surface area contributed by atoms with Crippen LogP contribution in [-0.2, 0) is 28.6 Å². The summed E-state index contributed by atoms with van der Waals surface area (Å²) < 4.78 is 15.4. The molecule has 176 valence electrons. The van der Waals surface area contributed by atoms with Crippen molar-refractivity contribution in [1.82, 2.24) is 10.6 Å². The van der Waals surface area contributed by atoms with Crippen molar-refractivity contribution in [3.05, 3.63) is 0 Å². The molecule has 0 saturated heterocycles. The summed E-state index contributed by atoms with van der Waals surface area (Å²) in [4.78, 5) is 49.8. The zero-order chi connectivity index (χ0) is 23.6. The minimum atomic E-state index is -1.26. The standard InChI is InChI=1S/C22H36N2O7/c1-20(2,3)30-16(25)8-14(24-19(28)31-21(4,5)6)17(26)23-15(18(27)29-7)12-22-9-13(10-22)11-22/h13-15H,8-12H2,1-7H3,(H,23,26)(H,24,28)/t13?,14-,15-,22?/m0/s1. The van der Waals surface area contributed by atoms with Gasteiger partial charge in [0.2, 0.25) is 5.91 Å². The van der Waals surface area contributed by atoms with Gasteiger partial charge >= 0.3 is 18.0 Å². The number of hydrogen-bond acceptors (Lipinski definition) is 7. The predicted molar refractivity (Wildman–Crippen MR) is 112 cm³/mol. The number of hydrogen-bond donors (Lipinski definition) is 2. The first-order valence-corrected chi connectivity index (χ1v) is 10.7.